The third kappa shape index (κ3) is 2.58. The maximum Gasteiger partial charge on any atom is 0.158 e. The number of allylic oxidation sites excluding steroid dienone is 4. The molecule has 82 valence electrons. The van der Waals surface area contributed by atoms with Crippen LogP contribution in [0.1, 0.15) is 45.4 Å². The Bertz CT molecular complexity index is 298. The lowest BCUT2D eigenvalue weighted by atomic mass is 9.81. The number of hydrogen-bond acceptors (Lipinski definition) is 1. The Balaban J connectivity index is 2.07. The normalized spacial score (nSPS) is 34.7. The maximum absolute atomic E-state index is 11.7. The fourth-order valence-electron chi connectivity index (χ4n) is 2.58. The van der Waals surface area contributed by atoms with Crippen molar-refractivity contribution in [2.75, 3.05) is 0 Å². The van der Waals surface area contributed by atoms with E-state index in [1.807, 2.05) is 0 Å². The van der Waals surface area contributed by atoms with Crippen molar-refractivity contribution in [3.8, 4) is 0 Å². The molecule has 2 unspecified atom stereocenters. The highest BCUT2D eigenvalue weighted by Gasteiger charge is 2.20. The average molecular weight is 204 g/mol. The minimum Gasteiger partial charge on any atom is -0.295 e. The van der Waals surface area contributed by atoms with Crippen molar-refractivity contribution in [1.29, 1.82) is 0 Å². The van der Waals surface area contributed by atoms with E-state index in [4.69, 9.17) is 0 Å². The molecule has 0 aromatic heterocycles. The number of Topliss-reactive ketones (excluding diaryl/α,β-unsaturated/α-hetero) is 1. The molecule has 2 aliphatic rings. The minimum absolute atomic E-state index is 0.406. The molecule has 1 fully saturated rings. The van der Waals surface area contributed by atoms with E-state index in [0.717, 1.165) is 24.8 Å². The Hall–Kier alpha value is -0.850. The van der Waals surface area contributed by atoms with E-state index < -0.39 is 0 Å². The largest absolute Gasteiger partial charge is 0.295 e. The summed E-state index contributed by atoms with van der Waals surface area (Å²) in [6.45, 7) is 2.25. The van der Waals surface area contributed by atoms with E-state index in [9.17, 15) is 4.79 Å². The van der Waals surface area contributed by atoms with Gasteiger partial charge in [-0.1, -0.05) is 25.2 Å². The summed E-state index contributed by atoms with van der Waals surface area (Å²) in [5.41, 5.74) is 1.12. The first-order valence-corrected chi connectivity index (χ1v) is 6.18. The van der Waals surface area contributed by atoms with Crippen molar-refractivity contribution < 1.29 is 4.79 Å². The molecule has 0 aromatic carbocycles. The Labute approximate surface area is 92.3 Å². The van der Waals surface area contributed by atoms with Crippen LogP contribution in [0.4, 0.5) is 0 Å². The van der Waals surface area contributed by atoms with E-state index in [0.29, 0.717) is 17.6 Å². The second-order valence-electron chi connectivity index (χ2n) is 4.85. The summed E-state index contributed by atoms with van der Waals surface area (Å²) in [7, 11) is 0. The second kappa shape index (κ2) is 4.78. The van der Waals surface area contributed by atoms with Gasteiger partial charge in [-0.2, -0.15) is 0 Å². The summed E-state index contributed by atoms with van der Waals surface area (Å²) in [6.07, 6.45) is 13.3. The standard InChI is InChI=1S/C14H20O/c1-11-6-2-3-7-12(11)10-13-8-4-5-9-14(13)15/h2,6,10-12H,3-5,7-9H2,1H3. The van der Waals surface area contributed by atoms with Crippen LogP contribution in [0, 0.1) is 11.8 Å². The van der Waals surface area contributed by atoms with Gasteiger partial charge < -0.3 is 0 Å². The van der Waals surface area contributed by atoms with Gasteiger partial charge in [0, 0.05) is 6.42 Å². The number of rotatable bonds is 1. The van der Waals surface area contributed by atoms with Gasteiger partial charge in [0.05, 0.1) is 0 Å². The molecule has 0 heterocycles. The zero-order chi connectivity index (χ0) is 10.7. The quantitative estimate of drug-likeness (QED) is 0.470. The van der Waals surface area contributed by atoms with Crippen LogP contribution in [0.3, 0.4) is 0 Å². The van der Waals surface area contributed by atoms with Gasteiger partial charge in [0.2, 0.25) is 0 Å². The van der Waals surface area contributed by atoms with E-state index in [1.165, 1.54) is 19.3 Å². The molecule has 1 nitrogen and oxygen atoms in total. The highest BCUT2D eigenvalue weighted by molar-refractivity contribution is 5.95. The van der Waals surface area contributed by atoms with Crippen molar-refractivity contribution in [1.82, 2.24) is 0 Å². The number of hydrogen-bond donors (Lipinski definition) is 0. The molecule has 0 bridgehead atoms. The molecule has 0 spiro atoms. The first-order chi connectivity index (χ1) is 7.27. The van der Waals surface area contributed by atoms with Crippen LogP contribution in [0.15, 0.2) is 23.8 Å². The highest BCUT2D eigenvalue weighted by atomic mass is 16.1. The fourth-order valence-corrected chi connectivity index (χ4v) is 2.58. The zero-order valence-corrected chi connectivity index (χ0v) is 9.54. The van der Waals surface area contributed by atoms with Crippen molar-refractivity contribution in [3.05, 3.63) is 23.8 Å². The summed E-state index contributed by atoms with van der Waals surface area (Å²) in [4.78, 5) is 11.7. The van der Waals surface area contributed by atoms with Gasteiger partial charge in [-0.3, -0.25) is 4.79 Å². The van der Waals surface area contributed by atoms with Crippen LogP contribution in [-0.4, -0.2) is 5.78 Å². The Kier molecular flexibility index (Phi) is 3.40. The van der Waals surface area contributed by atoms with Crippen LogP contribution < -0.4 is 0 Å². The highest BCUT2D eigenvalue weighted by Crippen LogP contribution is 2.29. The fraction of sp³-hybridized carbons (Fsp3) is 0.643. The topological polar surface area (TPSA) is 17.1 Å². The Morgan fingerprint density at radius 3 is 2.87 bits per heavy atom. The van der Waals surface area contributed by atoms with Gasteiger partial charge >= 0.3 is 0 Å². The van der Waals surface area contributed by atoms with Gasteiger partial charge in [0.25, 0.3) is 0 Å². The zero-order valence-electron chi connectivity index (χ0n) is 9.54. The molecule has 0 aliphatic heterocycles. The summed E-state index contributed by atoms with van der Waals surface area (Å²) >= 11 is 0. The molecule has 2 rings (SSSR count). The van der Waals surface area contributed by atoms with Crippen molar-refractivity contribution in [2.24, 2.45) is 11.8 Å². The van der Waals surface area contributed by atoms with Crippen molar-refractivity contribution in [2.45, 2.75) is 45.4 Å². The number of carbonyl (C=O) groups excluding carboxylic acids is 1. The van der Waals surface area contributed by atoms with E-state index >= 15 is 0 Å². The molecule has 2 atom stereocenters. The summed E-state index contributed by atoms with van der Waals surface area (Å²) in [5.74, 6) is 1.62. The first kappa shape index (κ1) is 10.7. The smallest absolute Gasteiger partial charge is 0.158 e. The van der Waals surface area contributed by atoms with Crippen molar-refractivity contribution >= 4 is 5.78 Å². The molecular weight excluding hydrogens is 184 g/mol. The molecule has 2 aliphatic carbocycles. The van der Waals surface area contributed by atoms with Crippen molar-refractivity contribution in [3.63, 3.8) is 0 Å². The van der Waals surface area contributed by atoms with E-state index in [2.05, 4.69) is 25.2 Å². The summed E-state index contributed by atoms with van der Waals surface area (Å²) in [6, 6.07) is 0. The van der Waals surface area contributed by atoms with Gasteiger partial charge in [0.15, 0.2) is 5.78 Å². The molecular formula is C14H20O. The molecule has 0 amide bonds. The molecule has 0 saturated heterocycles. The first-order valence-electron chi connectivity index (χ1n) is 6.18. The lowest BCUT2D eigenvalue weighted by Crippen LogP contribution is -2.15. The van der Waals surface area contributed by atoms with Gasteiger partial charge in [0.1, 0.15) is 0 Å². The third-order valence-corrected chi connectivity index (χ3v) is 3.66. The SMILES string of the molecule is CC1C=CCCC1C=C1CCCCC1=O. The van der Waals surface area contributed by atoms with E-state index in [1.54, 1.807) is 0 Å². The molecule has 0 aromatic rings. The third-order valence-electron chi connectivity index (χ3n) is 3.66. The minimum atomic E-state index is 0.406. The van der Waals surface area contributed by atoms with Crippen LogP contribution >= 0.6 is 0 Å². The van der Waals surface area contributed by atoms with Crippen LogP contribution in [0.25, 0.3) is 0 Å². The number of ketones is 1. The van der Waals surface area contributed by atoms with Gasteiger partial charge in [-0.25, -0.2) is 0 Å². The van der Waals surface area contributed by atoms with Crippen LogP contribution in [-0.2, 0) is 4.79 Å². The summed E-state index contributed by atoms with van der Waals surface area (Å²) in [5, 5.41) is 0. The molecule has 0 radical (unpaired) electrons. The van der Waals surface area contributed by atoms with Gasteiger partial charge in [-0.05, 0) is 49.5 Å². The van der Waals surface area contributed by atoms with Crippen LogP contribution in [0.2, 0.25) is 0 Å². The number of carbonyl (C=O) groups is 1. The van der Waals surface area contributed by atoms with E-state index in [-0.39, 0.29) is 0 Å². The maximum atomic E-state index is 11.7. The predicted octanol–water partition coefficient (Wildman–Crippen LogP) is 3.66. The average Bonchev–Trinajstić information content (AvgIpc) is 2.24. The second-order valence-corrected chi connectivity index (χ2v) is 4.85. The Morgan fingerprint density at radius 2 is 2.13 bits per heavy atom. The molecule has 0 N–H and O–H groups in total. The van der Waals surface area contributed by atoms with Crippen LogP contribution in [0.5, 0.6) is 0 Å². The van der Waals surface area contributed by atoms with Gasteiger partial charge in [-0.15, -0.1) is 0 Å². The molecule has 15 heavy (non-hydrogen) atoms. The molecule has 1 saturated carbocycles. The lowest BCUT2D eigenvalue weighted by molar-refractivity contribution is -0.116. The monoisotopic (exact) mass is 204 g/mol. The summed E-state index contributed by atoms with van der Waals surface area (Å²) < 4.78 is 0. The predicted molar refractivity (Wildman–Crippen MR) is 62.6 cm³/mol. The molecule has 1 heteroatoms. The Morgan fingerprint density at radius 1 is 1.33 bits per heavy atom. The lowest BCUT2D eigenvalue weighted by Gasteiger charge is -2.23.